The summed E-state index contributed by atoms with van der Waals surface area (Å²) in [6.45, 7) is 0. The third-order valence-corrected chi connectivity index (χ3v) is 4.40. The van der Waals surface area contributed by atoms with Crippen LogP contribution in [-0.4, -0.2) is 23.3 Å². The lowest BCUT2D eigenvalue weighted by Gasteiger charge is -2.38. The van der Waals surface area contributed by atoms with E-state index in [2.05, 4.69) is 5.32 Å². The van der Waals surface area contributed by atoms with Gasteiger partial charge in [0.2, 0.25) is 0 Å². The molecule has 3 nitrogen and oxygen atoms in total. The molecule has 0 saturated heterocycles. The zero-order chi connectivity index (χ0) is 12.0. The van der Waals surface area contributed by atoms with Gasteiger partial charge in [-0.3, -0.25) is 0 Å². The highest BCUT2D eigenvalue weighted by Crippen LogP contribution is 2.47. The van der Waals surface area contributed by atoms with Gasteiger partial charge in [-0.25, -0.2) is 0 Å². The summed E-state index contributed by atoms with van der Waals surface area (Å²) in [4.78, 5) is 0. The van der Waals surface area contributed by atoms with Gasteiger partial charge in [-0.15, -0.1) is 0 Å². The predicted molar refractivity (Wildman–Crippen MR) is 66.6 cm³/mol. The van der Waals surface area contributed by atoms with E-state index in [1.807, 2.05) is 7.05 Å². The molecule has 0 saturated carbocycles. The molecule has 3 N–H and O–H groups in total. The van der Waals surface area contributed by atoms with E-state index in [1.54, 1.807) is 6.07 Å². The molecule has 0 aromatic heterocycles. The third-order valence-electron chi connectivity index (χ3n) is 4.40. The predicted octanol–water partition coefficient (Wildman–Crippen LogP) is 2.05. The molecule has 17 heavy (non-hydrogen) atoms. The number of benzene rings is 1. The van der Waals surface area contributed by atoms with Gasteiger partial charge in [0.05, 0.1) is 0 Å². The van der Waals surface area contributed by atoms with E-state index >= 15 is 0 Å². The molecule has 2 unspecified atom stereocenters. The number of phenols is 2. The lowest BCUT2D eigenvalue weighted by molar-refractivity contribution is 0.353. The highest BCUT2D eigenvalue weighted by Gasteiger charge is 2.34. The molecular weight excluding hydrogens is 214 g/mol. The molecular formula is C14H19NO2. The SMILES string of the molecule is CNC1CCc2cc(O)c(O)c3c2C1CCC3. The minimum Gasteiger partial charge on any atom is -0.504 e. The Morgan fingerprint density at radius 2 is 2.06 bits per heavy atom. The number of hydrogen-bond acceptors (Lipinski definition) is 3. The van der Waals surface area contributed by atoms with Crippen molar-refractivity contribution in [1.82, 2.24) is 5.32 Å². The van der Waals surface area contributed by atoms with E-state index in [0.717, 1.165) is 31.2 Å². The first-order chi connectivity index (χ1) is 8.22. The number of likely N-dealkylation sites (N-methyl/N-ethyl adjacent to an activating group) is 1. The maximum atomic E-state index is 9.99. The van der Waals surface area contributed by atoms with Crippen LogP contribution in [0.2, 0.25) is 0 Å². The number of phenolic OH excluding ortho intramolecular Hbond substituents is 2. The van der Waals surface area contributed by atoms with E-state index in [-0.39, 0.29) is 11.5 Å². The van der Waals surface area contributed by atoms with E-state index in [4.69, 9.17) is 0 Å². The second kappa shape index (κ2) is 3.91. The van der Waals surface area contributed by atoms with E-state index in [9.17, 15) is 10.2 Å². The summed E-state index contributed by atoms with van der Waals surface area (Å²) in [6.07, 6.45) is 5.31. The van der Waals surface area contributed by atoms with Crippen LogP contribution in [0.4, 0.5) is 0 Å². The van der Waals surface area contributed by atoms with Crippen LogP contribution in [0.3, 0.4) is 0 Å². The van der Waals surface area contributed by atoms with Crippen molar-refractivity contribution in [2.24, 2.45) is 0 Å². The van der Waals surface area contributed by atoms with Crippen LogP contribution in [0.15, 0.2) is 6.07 Å². The highest BCUT2D eigenvalue weighted by molar-refractivity contribution is 5.56. The summed E-state index contributed by atoms with van der Waals surface area (Å²) in [7, 11) is 2.02. The summed E-state index contributed by atoms with van der Waals surface area (Å²) >= 11 is 0. The molecule has 1 aromatic carbocycles. The van der Waals surface area contributed by atoms with Crippen molar-refractivity contribution in [1.29, 1.82) is 0 Å². The molecule has 0 radical (unpaired) electrons. The Labute approximate surface area is 101 Å². The topological polar surface area (TPSA) is 52.5 Å². The van der Waals surface area contributed by atoms with Crippen molar-refractivity contribution in [3.8, 4) is 11.5 Å². The Morgan fingerprint density at radius 3 is 2.82 bits per heavy atom. The van der Waals surface area contributed by atoms with Crippen molar-refractivity contribution >= 4 is 0 Å². The lowest BCUT2D eigenvalue weighted by atomic mass is 9.70. The van der Waals surface area contributed by atoms with Gasteiger partial charge < -0.3 is 15.5 Å². The minimum absolute atomic E-state index is 0.0577. The Balaban J connectivity index is 2.18. The van der Waals surface area contributed by atoms with Crippen LogP contribution in [0.1, 0.15) is 41.9 Å². The van der Waals surface area contributed by atoms with Crippen LogP contribution < -0.4 is 5.32 Å². The molecule has 0 bridgehead atoms. The van der Waals surface area contributed by atoms with Crippen LogP contribution in [-0.2, 0) is 12.8 Å². The van der Waals surface area contributed by atoms with Crippen molar-refractivity contribution in [3.05, 3.63) is 22.8 Å². The fourth-order valence-corrected chi connectivity index (χ4v) is 3.61. The average molecular weight is 233 g/mol. The first-order valence-electron chi connectivity index (χ1n) is 6.46. The van der Waals surface area contributed by atoms with Crippen LogP contribution >= 0.6 is 0 Å². The summed E-state index contributed by atoms with van der Waals surface area (Å²) < 4.78 is 0. The third kappa shape index (κ3) is 1.53. The summed E-state index contributed by atoms with van der Waals surface area (Å²) in [5.41, 5.74) is 3.56. The van der Waals surface area contributed by atoms with Crippen molar-refractivity contribution in [2.75, 3.05) is 7.05 Å². The normalized spacial score (nSPS) is 26.6. The van der Waals surface area contributed by atoms with Gasteiger partial charge in [0, 0.05) is 11.6 Å². The quantitative estimate of drug-likeness (QED) is 0.651. The summed E-state index contributed by atoms with van der Waals surface area (Å²) in [5, 5.41) is 23.1. The molecule has 2 aliphatic carbocycles. The van der Waals surface area contributed by atoms with Gasteiger partial charge in [0.15, 0.2) is 11.5 Å². The van der Waals surface area contributed by atoms with Gasteiger partial charge in [0.1, 0.15) is 0 Å². The van der Waals surface area contributed by atoms with Crippen LogP contribution in [0, 0.1) is 0 Å². The van der Waals surface area contributed by atoms with Gasteiger partial charge in [-0.2, -0.15) is 0 Å². The molecule has 0 fully saturated rings. The highest BCUT2D eigenvalue weighted by atomic mass is 16.3. The Morgan fingerprint density at radius 1 is 1.24 bits per heavy atom. The number of aromatic hydroxyl groups is 2. The zero-order valence-electron chi connectivity index (χ0n) is 10.2. The fraction of sp³-hybridized carbons (Fsp3) is 0.571. The van der Waals surface area contributed by atoms with E-state index in [0.29, 0.717) is 12.0 Å². The first kappa shape index (κ1) is 10.9. The maximum absolute atomic E-state index is 9.99. The van der Waals surface area contributed by atoms with Crippen LogP contribution in [0.5, 0.6) is 11.5 Å². The van der Waals surface area contributed by atoms with Gasteiger partial charge in [0.25, 0.3) is 0 Å². The Kier molecular flexibility index (Phi) is 2.51. The molecule has 92 valence electrons. The van der Waals surface area contributed by atoms with E-state index in [1.165, 1.54) is 17.5 Å². The monoisotopic (exact) mass is 233 g/mol. The minimum atomic E-state index is 0.0577. The fourth-order valence-electron chi connectivity index (χ4n) is 3.61. The summed E-state index contributed by atoms with van der Waals surface area (Å²) in [5.74, 6) is 0.687. The largest absolute Gasteiger partial charge is 0.504 e. The number of nitrogens with one attached hydrogen (secondary N) is 1. The summed E-state index contributed by atoms with van der Waals surface area (Å²) in [6, 6.07) is 2.28. The molecule has 0 spiro atoms. The molecule has 3 heteroatoms. The van der Waals surface area contributed by atoms with Gasteiger partial charge in [-0.05, 0) is 62.3 Å². The standard InChI is InChI=1S/C14H19NO2/c1-15-11-6-5-8-7-12(16)14(17)10-4-2-3-9(11)13(8)10/h7,9,11,15-17H,2-6H2,1H3. The average Bonchev–Trinajstić information content (AvgIpc) is 2.36. The zero-order valence-corrected chi connectivity index (χ0v) is 10.2. The van der Waals surface area contributed by atoms with E-state index < -0.39 is 0 Å². The molecule has 2 aliphatic rings. The van der Waals surface area contributed by atoms with Gasteiger partial charge in [-0.1, -0.05) is 0 Å². The lowest BCUT2D eigenvalue weighted by Crippen LogP contribution is -2.38. The van der Waals surface area contributed by atoms with Crippen molar-refractivity contribution < 1.29 is 10.2 Å². The second-order valence-corrected chi connectivity index (χ2v) is 5.23. The van der Waals surface area contributed by atoms with Crippen molar-refractivity contribution in [3.63, 3.8) is 0 Å². The molecule has 1 aromatic rings. The molecule has 0 heterocycles. The number of aryl methyl sites for hydroxylation is 1. The molecule has 2 atom stereocenters. The molecule has 0 amide bonds. The van der Waals surface area contributed by atoms with Gasteiger partial charge >= 0.3 is 0 Å². The van der Waals surface area contributed by atoms with Crippen LogP contribution in [0.25, 0.3) is 0 Å². The molecule has 0 aliphatic heterocycles. The first-order valence-corrected chi connectivity index (χ1v) is 6.46. The number of rotatable bonds is 1. The van der Waals surface area contributed by atoms with Crippen molar-refractivity contribution in [2.45, 2.75) is 44.1 Å². The smallest absolute Gasteiger partial charge is 0.160 e. The Hall–Kier alpha value is -1.22. The Bertz CT molecular complexity index is 456. The maximum Gasteiger partial charge on any atom is 0.160 e. The molecule has 3 rings (SSSR count). The number of hydrogen-bond donors (Lipinski definition) is 3. The second-order valence-electron chi connectivity index (χ2n) is 5.23.